The second kappa shape index (κ2) is 6.10. The number of nitrogens with zero attached hydrogens (tertiary/aromatic N) is 4. The summed E-state index contributed by atoms with van der Waals surface area (Å²) in [4.78, 5) is 19.1. The number of benzene rings is 1. The van der Waals surface area contributed by atoms with Crippen LogP contribution in [-0.2, 0) is 6.42 Å². The van der Waals surface area contributed by atoms with Crippen molar-refractivity contribution in [1.82, 2.24) is 19.7 Å². The zero-order valence-electron chi connectivity index (χ0n) is 11.7. The summed E-state index contributed by atoms with van der Waals surface area (Å²) in [6.07, 6.45) is 4.46. The van der Waals surface area contributed by atoms with Crippen molar-refractivity contribution in [2.75, 3.05) is 0 Å². The summed E-state index contributed by atoms with van der Waals surface area (Å²) in [5.74, 6) is 0.752. The minimum absolute atomic E-state index is 0.498. The predicted molar refractivity (Wildman–Crippen MR) is 75.0 cm³/mol. The third-order valence-corrected chi connectivity index (χ3v) is 2.72. The quantitative estimate of drug-likeness (QED) is 0.685. The summed E-state index contributed by atoms with van der Waals surface area (Å²) in [7, 11) is 0. The van der Waals surface area contributed by atoms with Crippen molar-refractivity contribution in [1.29, 1.82) is 0 Å². The van der Waals surface area contributed by atoms with Crippen LogP contribution in [0.15, 0.2) is 29.3 Å². The number of carbonyl (C=O) groups excluding carboxylic acids is 1. The molecule has 0 amide bonds. The fraction of sp³-hybridized carbons (Fsp3) is 0.286. The second-order valence-electron chi connectivity index (χ2n) is 3.78. The summed E-state index contributed by atoms with van der Waals surface area (Å²) < 4.78 is 6.96. The third-order valence-electron chi connectivity index (χ3n) is 2.72. The molecule has 0 aliphatic carbocycles. The van der Waals surface area contributed by atoms with Gasteiger partial charge in [-0.2, -0.15) is 5.10 Å². The Morgan fingerprint density at radius 1 is 1.30 bits per heavy atom. The van der Waals surface area contributed by atoms with Gasteiger partial charge in [-0.25, -0.2) is 14.6 Å². The number of oxazole rings is 1. The van der Waals surface area contributed by atoms with E-state index in [2.05, 4.69) is 15.1 Å². The van der Waals surface area contributed by atoms with Crippen LogP contribution in [0.4, 0.5) is 0 Å². The van der Waals surface area contributed by atoms with Gasteiger partial charge < -0.3 is 4.42 Å². The molecule has 0 atom stereocenters. The number of aryl methyl sites for hydroxylation is 1. The second-order valence-corrected chi connectivity index (χ2v) is 3.78. The van der Waals surface area contributed by atoms with Crippen LogP contribution in [-0.4, -0.2) is 26.0 Å². The molecule has 0 saturated heterocycles. The molecule has 2 heterocycles. The molecule has 0 radical (unpaired) electrons. The van der Waals surface area contributed by atoms with E-state index in [1.807, 2.05) is 20.8 Å². The maximum absolute atomic E-state index is 10.9. The van der Waals surface area contributed by atoms with Crippen molar-refractivity contribution in [3.05, 3.63) is 36.2 Å². The number of carbonyl (C=O) groups is 1. The van der Waals surface area contributed by atoms with E-state index in [-0.39, 0.29) is 0 Å². The smallest absolute Gasteiger partial charge is 0.182 e. The van der Waals surface area contributed by atoms with Gasteiger partial charge in [0.25, 0.3) is 0 Å². The topological polar surface area (TPSA) is 73.8 Å². The average molecular weight is 272 g/mol. The molecule has 0 aliphatic heterocycles. The van der Waals surface area contributed by atoms with Crippen molar-refractivity contribution in [2.45, 2.75) is 27.2 Å². The molecule has 0 saturated carbocycles. The SMILES string of the molecule is CC.CCc1ncn(-c2ccc(C=O)c3ncoc23)n1. The number of hydrogen-bond acceptors (Lipinski definition) is 5. The van der Waals surface area contributed by atoms with Gasteiger partial charge in [0.05, 0.1) is 0 Å². The van der Waals surface area contributed by atoms with Crippen LogP contribution in [0, 0.1) is 0 Å². The van der Waals surface area contributed by atoms with Gasteiger partial charge in [0, 0.05) is 12.0 Å². The Hall–Kier alpha value is -2.50. The van der Waals surface area contributed by atoms with E-state index >= 15 is 0 Å². The van der Waals surface area contributed by atoms with Crippen LogP contribution in [0.2, 0.25) is 0 Å². The molecule has 0 N–H and O–H groups in total. The first-order valence-electron chi connectivity index (χ1n) is 6.55. The molecule has 6 heteroatoms. The lowest BCUT2D eigenvalue weighted by Gasteiger charge is -2.01. The molecule has 20 heavy (non-hydrogen) atoms. The minimum atomic E-state index is 0.498. The number of aromatic nitrogens is 4. The minimum Gasteiger partial charge on any atom is -0.441 e. The van der Waals surface area contributed by atoms with Crippen LogP contribution in [0.5, 0.6) is 0 Å². The van der Waals surface area contributed by atoms with E-state index in [4.69, 9.17) is 4.42 Å². The van der Waals surface area contributed by atoms with E-state index in [1.54, 1.807) is 23.1 Å². The zero-order valence-corrected chi connectivity index (χ0v) is 11.7. The summed E-state index contributed by atoms with van der Waals surface area (Å²) in [6.45, 7) is 5.99. The highest BCUT2D eigenvalue weighted by atomic mass is 16.3. The Kier molecular flexibility index (Phi) is 4.24. The summed E-state index contributed by atoms with van der Waals surface area (Å²) in [5.41, 5.74) is 2.29. The Labute approximate surface area is 116 Å². The first kappa shape index (κ1) is 13.9. The predicted octanol–water partition coefficient (Wildman–Crippen LogP) is 2.81. The van der Waals surface area contributed by atoms with E-state index in [9.17, 15) is 4.79 Å². The fourth-order valence-corrected chi connectivity index (χ4v) is 1.81. The molecular formula is C14H16N4O2. The first-order chi connectivity index (χ1) is 9.83. The Bertz CT molecular complexity index is 715. The van der Waals surface area contributed by atoms with Crippen molar-refractivity contribution in [3.63, 3.8) is 0 Å². The maximum atomic E-state index is 10.9. The van der Waals surface area contributed by atoms with Gasteiger partial charge in [-0.05, 0) is 12.1 Å². The average Bonchev–Trinajstić information content (AvgIpc) is 3.17. The number of aldehydes is 1. The van der Waals surface area contributed by atoms with E-state index in [0.29, 0.717) is 16.7 Å². The number of rotatable bonds is 3. The molecule has 2 aromatic heterocycles. The van der Waals surface area contributed by atoms with E-state index < -0.39 is 0 Å². The molecule has 3 rings (SSSR count). The lowest BCUT2D eigenvalue weighted by atomic mass is 10.2. The molecule has 0 unspecified atom stereocenters. The molecule has 0 bridgehead atoms. The van der Waals surface area contributed by atoms with Gasteiger partial charge in [0.2, 0.25) is 0 Å². The Morgan fingerprint density at radius 3 is 2.75 bits per heavy atom. The van der Waals surface area contributed by atoms with Gasteiger partial charge in [-0.3, -0.25) is 4.79 Å². The lowest BCUT2D eigenvalue weighted by molar-refractivity contribution is 0.112. The van der Waals surface area contributed by atoms with Gasteiger partial charge >= 0.3 is 0 Å². The van der Waals surface area contributed by atoms with Crippen LogP contribution in [0.3, 0.4) is 0 Å². The number of hydrogen-bond donors (Lipinski definition) is 0. The third kappa shape index (κ3) is 2.32. The molecule has 1 aromatic carbocycles. The molecule has 6 nitrogen and oxygen atoms in total. The van der Waals surface area contributed by atoms with Crippen molar-refractivity contribution >= 4 is 17.4 Å². The monoisotopic (exact) mass is 272 g/mol. The molecule has 0 aliphatic rings. The Morgan fingerprint density at radius 2 is 2.10 bits per heavy atom. The summed E-state index contributed by atoms with van der Waals surface area (Å²) in [5, 5.41) is 4.31. The van der Waals surface area contributed by atoms with E-state index in [0.717, 1.165) is 24.2 Å². The highest BCUT2D eigenvalue weighted by Crippen LogP contribution is 2.23. The highest BCUT2D eigenvalue weighted by Gasteiger charge is 2.12. The molecular weight excluding hydrogens is 256 g/mol. The largest absolute Gasteiger partial charge is 0.441 e. The highest BCUT2D eigenvalue weighted by molar-refractivity contribution is 5.96. The van der Waals surface area contributed by atoms with E-state index in [1.165, 1.54) is 6.39 Å². The summed E-state index contributed by atoms with van der Waals surface area (Å²) in [6, 6.07) is 3.46. The van der Waals surface area contributed by atoms with Crippen LogP contribution in [0.1, 0.15) is 37.0 Å². The normalized spacial score (nSPS) is 10.2. The maximum Gasteiger partial charge on any atom is 0.182 e. The van der Waals surface area contributed by atoms with Crippen molar-refractivity contribution in [3.8, 4) is 5.69 Å². The van der Waals surface area contributed by atoms with Gasteiger partial charge in [-0.15, -0.1) is 0 Å². The Balaban J connectivity index is 0.000000704. The van der Waals surface area contributed by atoms with Crippen LogP contribution >= 0.6 is 0 Å². The van der Waals surface area contributed by atoms with Crippen LogP contribution < -0.4 is 0 Å². The van der Waals surface area contributed by atoms with Gasteiger partial charge in [-0.1, -0.05) is 20.8 Å². The van der Waals surface area contributed by atoms with Crippen molar-refractivity contribution in [2.24, 2.45) is 0 Å². The number of fused-ring (bicyclic) bond motifs is 1. The van der Waals surface area contributed by atoms with Crippen LogP contribution in [0.25, 0.3) is 16.8 Å². The molecule has 3 aromatic rings. The van der Waals surface area contributed by atoms with Gasteiger partial charge in [0.15, 0.2) is 24.1 Å². The standard InChI is InChI=1S/C12H10N4O2.C2H6/c1-2-10-13-6-16(15-10)9-4-3-8(5-17)11-12(9)18-7-14-11;1-2/h3-7H,2H2,1H3;1-2H3. The summed E-state index contributed by atoms with van der Waals surface area (Å²) >= 11 is 0. The van der Waals surface area contributed by atoms with Crippen molar-refractivity contribution < 1.29 is 9.21 Å². The fourth-order valence-electron chi connectivity index (χ4n) is 1.81. The zero-order chi connectivity index (χ0) is 14.5. The lowest BCUT2D eigenvalue weighted by Crippen LogP contribution is -1.97. The van der Waals surface area contributed by atoms with Gasteiger partial charge in [0.1, 0.15) is 17.5 Å². The molecule has 0 fully saturated rings. The first-order valence-corrected chi connectivity index (χ1v) is 6.55. The molecule has 0 spiro atoms. The molecule has 104 valence electrons.